The second-order valence-corrected chi connectivity index (χ2v) is 5.73. The number of halogens is 1. The highest BCUT2D eigenvalue weighted by Crippen LogP contribution is 2.27. The van der Waals surface area contributed by atoms with Gasteiger partial charge in [-0.05, 0) is 42.9 Å². The van der Waals surface area contributed by atoms with Crippen LogP contribution in [0.25, 0.3) is 0 Å². The van der Waals surface area contributed by atoms with E-state index in [1.165, 1.54) is 17.2 Å². The van der Waals surface area contributed by atoms with E-state index in [0.29, 0.717) is 5.56 Å². The summed E-state index contributed by atoms with van der Waals surface area (Å²) in [5.41, 5.74) is 3.04. The van der Waals surface area contributed by atoms with E-state index in [2.05, 4.69) is 24.0 Å². The van der Waals surface area contributed by atoms with Gasteiger partial charge in [-0.3, -0.25) is 4.79 Å². The predicted octanol–water partition coefficient (Wildman–Crippen LogP) is 3.35. The van der Waals surface area contributed by atoms with Crippen molar-refractivity contribution in [2.24, 2.45) is 0 Å². The maximum absolute atomic E-state index is 14.0. The second-order valence-electron chi connectivity index (χ2n) is 5.73. The van der Waals surface area contributed by atoms with Gasteiger partial charge in [-0.2, -0.15) is 0 Å². The number of rotatable bonds is 3. The maximum atomic E-state index is 14.0. The number of fused-ring (bicyclic) bond motifs is 1. The summed E-state index contributed by atoms with van der Waals surface area (Å²) >= 11 is 0. The quantitative estimate of drug-likeness (QED) is 0.796. The van der Waals surface area contributed by atoms with Crippen molar-refractivity contribution in [2.75, 3.05) is 0 Å². The summed E-state index contributed by atoms with van der Waals surface area (Å²) in [4.78, 5) is 14.1. The number of nitrogens with zero attached hydrogens (tertiary/aromatic N) is 1. The van der Waals surface area contributed by atoms with Crippen LogP contribution in [0.5, 0.6) is 0 Å². The normalized spacial score (nSPS) is 13.1. The Labute approximate surface area is 135 Å². The van der Waals surface area contributed by atoms with E-state index in [1.807, 2.05) is 12.1 Å². The molecule has 1 aliphatic carbocycles. The molecule has 2 aromatic rings. The van der Waals surface area contributed by atoms with Crippen molar-refractivity contribution in [2.45, 2.75) is 32.4 Å². The van der Waals surface area contributed by atoms with Gasteiger partial charge in [-0.1, -0.05) is 48.4 Å². The van der Waals surface area contributed by atoms with Crippen LogP contribution in [0.4, 0.5) is 4.39 Å². The molecule has 0 atom stereocenters. The van der Waals surface area contributed by atoms with Gasteiger partial charge in [0.05, 0.1) is 0 Å². The van der Waals surface area contributed by atoms with Crippen molar-refractivity contribution >= 4 is 5.91 Å². The molecule has 0 saturated carbocycles. The Hall–Kier alpha value is -2.60. The third-order valence-corrected chi connectivity index (χ3v) is 4.26. The second kappa shape index (κ2) is 6.66. The summed E-state index contributed by atoms with van der Waals surface area (Å²) < 4.78 is 14.0. The Bertz CT molecular complexity index is 762. The fourth-order valence-electron chi connectivity index (χ4n) is 3.11. The SMILES string of the molecule is CC#CC(=O)N(Cc1ccccc1F)C1Cc2ccccc2C1. The van der Waals surface area contributed by atoms with E-state index in [0.717, 1.165) is 12.8 Å². The summed E-state index contributed by atoms with van der Waals surface area (Å²) in [6.45, 7) is 1.89. The zero-order valence-corrected chi connectivity index (χ0v) is 13.1. The average molecular weight is 307 g/mol. The van der Waals surface area contributed by atoms with Gasteiger partial charge in [0, 0.05) is 18.2 Å². The Kier molecular flexibility index (Phi) is 4.43. The van der Waals surface area contributed by atoms with E-state index in [1.54, 1.807) is 30.0 Å². The first-order chi connectivity index (χ1) is 11.2. The summed E-state index contributed by atoms with van der Waals surface area (Å²) in [5.74, 6) is 4.73. The lowest BCUT2D eigenvalue weighted by atomic mass is 10.1. The molecule has 0 unspecified atom stereocenters. The molecule has 0 bridgehead atoms. The molecular weight excluding hydrogens is 289 g/mol. The largest absolute Gasteiger partial charge is 0.324 e. The van der Waals surface area contributed by atoms with E-state index >= 15 is 0 Å². The molecule has 2 nitrogen and oxygen atoms in total. The smallest absolute Gasteiger partial charge is 0.299 e. The molecule has 1 aliphatic rings. The number of hydrogen-bond acceptors (Lipinski definition) is 1. The molecule has 3 heteroatoms. The summed E-state index contributed by atoms with van der Waals surface area (Å²) in [7, 11) is 0. The first kappa shape index (κ1) is 15.3. The third-order valence-electron chi connectivity index (χ3n) is 4.26. The first-order valence-electron chi connectivity index (χ1n) is 7.72. The molecular formula is C20H18FNO. The average Bonchev–Trinajstić information content (AvgIpc) is 2.97. The number of benzene rings is 2. The van der Waals surface area contributed by atoms with E-state index in [-0.39, 0.29) is 24.3 Å². The van der Waals surface area contributed by atoms with Gasteiger partial charge in [0.1, 0.15) is 5.82 Å². The first-order valence-corrected chi connectivity index (χ1v) is 7.72. The summed E-state index contributed by atoms with van der Waals surface area (Å²) in [6.07, 6.45) is 1.59. The van der Waals surface area contributed by atoms with Crippen molar-refractivity contribution in [3.63, 3.8) is 0 Å². The minimum absolute atomic E-state index is 0.0281. The van der Waals surface area contributed by atoms with Crippen LogP contribution in [0.1, 0.15) is 23.6 Å². The lowest BCUT2D eigenvalue weighted by molar-refractivity contribution is -0.127. The van der Waals surface area contributed by atoms with Crippen LogP contribution in [-0.2, 0) is 24.2 Å². The zero-order chi connectivity index (χ0) is 16.2. The van der Waals surface area contributed by atoms with Gasteiger partial charge >= 0.3 is 0 Å². The van der Waals surface area contributed by atoms with Gasteiger partial charge in [0.25, 0.3) is 5.91 Å². The Morgan fingerprint density at radius 3 is 2.35 bits per heavy atom. The van der Waals surface area contributed by atoms with Crippen LogP contribution >= 0.6 is 0 Å². The van der Waals surface area contributed by atoms with Gasteiger partial charge in [0.15, 0.2) is 0 Å². The number of hydrogen-bond donors (Lipinski definition) is 0. The molecule has 116 valence electrons. The lowest BCUT2D eigenvalue weighted by Crippen LogP contribution is -2.40. The molecule has 23 heavy (non-hydrogen) atoms. The number of carbonyl (C=O) groups excluding carboxylic acids is 1. The minimum Gasteiger partial charge on any atom is -0.324 e. The van der Waals surface area contributed by atoms with E-state index in [4.69, 9.17) is 0 Å². The molecule has 0 saturated heterocycles. The fraction of sp³-hybridized carbons (Fsp3) is 0.250. The lowest BCUT2D eigenvalue weighted by Gasteiger charge is -2.27. The molecule has 0 spiro atoms. The van der Waals surface area contributed by atoms with Gasteiger partial charge in [-0.15, -0.1) is 0 Å². The van der Waals surface area contributed by atoms with Crippen LogP contribution in [0.2, 0.25) is 0 Å². The standard InChI is InChI=1S/C20H18FNO/c1-2-7-20(23)22(14-17-10-5-6-11-19(17)21)18-12-15-8-3-4-9-16(15)13-18/h3-6,8-11,18H,12-14H2,1H3. The topological polar surface area (TPSA) is 20.3 Å². The monoisotopic (exact) mass is 307 g/mol. The number of carbonyl (C=O) groups is 1. The van der Waals surface area contributed by atoms with Crippen LogP contribution in [0.15, 0.2) is 48.5 Å². The van der Waals surface area contributed by atoms with Crippen molar-refractivity contribution in [1.82, 2.24) is 4.90 Å². The Morgan fingerprint density at radius 2 is 1.74 bits per heavy atom. The van der Waals surface area contributed by atoms with Gasteiger partial charge in [-0.25, -0.2) is 4.39 Å². The fourth-order valence-corrected chi connectivity index (χ4v) is 3.11. The van der Waals surface area contributed by atoms with Crippen molar-refractivity contribution in [3.05, 3.63) is 71.0 Å². The van der Waals surface area contributed by atoms with Crippen LogP contribution in [0, 0.1) is 17.7 Å². The van der Waals surface area contributed by atoms with Gasteiger partial charge < -0.3 is 4.90 Å². The molecule has 0 aliphatic heterocycles. The van der Waals surface area contributed by atoms with Crippen LogP contribution < -0.4 is 0 Å². The zero-order valence-electron chi connectivity index (χ0n) is 13.1. The minimum atomic E-state index is -0.287. The molecule has 0 heterocycles. The Balaban J connectivity index is 1.87. The highest BCUT2D eigenvalue weighted by molar-refractivity contribution is 5.93. The summed E-state index contributed by atoms with van der Waals surface area (Å²) in [5, 5.41) is 0. The third kappa shape index (κ3) is 3.27. The molecule has 2 aromatic carbocycles. The van der Waals surface area contributed by atoms with Crippen molar-refractivity contribution in [1.29, 1.82) is 0 Å². The predicted molar refractivity (Wildman–Crippen MR) is 88.0 cm³/mol. The van der Waals surface area contributed by atoms with Crippen LogP contribution in [0.3, 0.4) is 0 Å². The molecule has 1 amide bonds. The highest BCUT2D eigenvalue weighted by Gasteiger charge is 2.29. The molecule has 0 N–H and O–H groups in total. The van der Waals surface area contributed by atoms with Gasteiger partial charge in [0.2, 0.25) is 0 Å². The van der Waals surface area contributed by atoms with Crippen molar-refractivity contribution < 1.29 is 9.18 Å². The molecule has 0 fully saturated rings. The molecule has 0 aromatic heterocycles. The van der Waals surface area contributed by atoms with E-state index < -0.39 is 0 Å². The number of amides is 1. The summed E-state index contributed by atoms with van der Waals surface area (Å²) in [6, 6.07) is 14.8. The highest BCUT2D eigenvalue weighted by atomic mass is 19.1. The Morgan fingerprint density at radius 1 is 1.13 bits per heavy atom. The molecule has 0 radical (unpaired) electrons. The maximum Gasteiger partial charge on any atom is 0.299 e. The molecule has 3 rings (SSSR count). The van der Waals surface area contributed by atoms with Crippen LogP contribution in [-0.4, -0.2) is 16.8 Å². The van der Waals surface area contributed by atoms with E-state index in [9.17, 15) is 9.18 Å². The van der Waals surface area contributed by atoms with Crippen molar-refractivity contribution in [3.8, 4) is 11.8 Å².